The van der Waals surface area contributed by atoms with Gasteiger partial charge in [-0.05, 0) is 24.0 Å². The van der Waals surface area contributed by atoms with Gasteiger partial charge in [-0.1, -0.05) is 66.7 Å². The first-order chi connectivity index (χ1) is 9.34. The summed E-state index contributed by atoms with van der Waals surface area (Å²) in [6, 6.07) is 19.9. The maximum atomic E-state index is 12.4. The summed E-state index contributed by atoms with van der Waals surface area (Å²) in [5.74, 6) is 0.282. The minimum Gasteiger partial charge on any atom is -0.294 e. The van der Waals surface area contributed by atoms with Gasteiger partial charge in [0.25, 0.3) is 0 Å². The van der Waals surface area contributed by atoms with Crippen LogP contribution >= 0.6 is 0 Å². The van der Waals surface area contributed by atoms with E-state index in [2.05, 4.69) is 18.2 Å². The second-order valence-electron chi connectivity index (χ2n) is 4.93. The zero-order chi connectivity index (χ0) is 13.1. The molecule has 0 aromatic heterocycles. The molecule has 0 spiro atoms. The molecule has 19 heavy (non-hydrogen) atoms. The van der Waals surface area contributed by atoms with Gasteiger partial charge in [0.15, 0.2) is 5.78 Å². The van der Waals surface area contributed by atoms with Gasteiger partial charge >= 0.3 is 0 Å². The molecule has 0 saturated carbocycles. The second kappa shape index (κ2) is 5.23. The number of rotatable bonds is 3. The molecule has 3 rings (SSSR count). The van der Waals surface area contributed by atoms with Crippen LogP contribution in [0.1, 0.15) is 28.8 Å². The van der Waals surface area contributed by atoms with Crippen molar-refractivity contribution < 1.29 is 4.79 Å². The van der Waals surface area contributed by atoms with Crippen LogP contribution in [0.3, 0.4) is 0 Å². The van der Waals surface area contributed by atoms with Crippen molar-refractivity contribution in [2.75, 3.05) is 0 Å². The lowest BCUT2D eigenvalue weighted by Crippen LogP contribution is -2.09. The lowest BCUT2D eigenvalue weighted by atomic mass is 9.97. The van der Waals surface area contributed by atoms with E-state index in [4.69, 9.17) is 0 Å². The molecule has 1 atom stereocenters. The largest absolute Gasteiger partial charge is 0.294 e. The number of ketones is 1. The van der Waals surface area contributed by atoms with Crippen molar-refractivity contribution >= 4 is 11.4 Å². The predicted octanol–water partition coefficient (Wildman–Crippen LogP) is 4.36. The molecule has 0 amide bonds. The van der Waals surface area contributed by atoms with Crippen molar-refractivity contribution in [3.63, 3.8) is 0 Å². The lowest BCUT2D eigenvalue weighted by Gasteiger charge is -2.05. The Morgan fingerprint density at radius 1 is 0.895 bits per heavy atom. The topological polar surface area (TPSA) is 17.1 Å². The van der Waals surface area contributed by atoms with Crippen molar-refractivity contribution in [3.05, 3.63) is 77.9 Å². The molecule has 0 N–H and O–H groups in total. The molecule has 0 saturated heterocycles. The van der Waals surface area contributed by atoms with Gasteiger partial charge in [-0.15, -0.1) is 0 Å². The van der Waals surface area contributed by atoms with Crippen LogP contribution in [0.15, 0.2) is 66.7 Å². The molecule has 1 nitrogen and oxygen atoms in total. The minimum absolute atomic E-state index is 0.0395. The number of carbonyl (C=O) groups excluding carboxylic acids is 1. The third-order valence-electron chi connectivity index (χ3n) is 3.67. The molecule has 1 unspecified atom stereocenters. The van der Waals surface area contributed by atoms with E-state index in [1.54, 1.807) is 0 Å². The summed E-state index contributed by atoms with van der Waals surface area (Å²) in [6.45, 7) is 0. The van der Waals surface area contributed by atoms with Gasteiger partial charge in [0.1, 0.15) is 0 Å². The Morgan fingerprint density at radius 2 is 1.53 bits per heavy atom. The fraction of sp³-hybridized carbons (Fsp3) is 0.167. The molecule has 1 aliphatic carbocycles. The van der Waals surface area contributed by atoms with Crippen LogP contribution < -0.4 is 0 Å². The van der Waals surface area contributed by atoms with Crippen LogP contribution in [0.25, 0.3) is 5.57 Å². The summed E-state index contributed by atoms with van der Waals surface area (Å²) in [7, 11) is 0. The van der Waals surface area contributed by atoms with E-state index in [0.717, 1.165) is 18.4 Å². The Labute approximate surface area is 113 Å². The Morgan fingerprint density at radius 3 is 2.21 bits per heavy atom. The third kappa shape index (κ3) is 2.50. The third-order valence-corrected chi connectivity index (χ3v) is 3.67. The minimum atomic E-state index is 0.0395. The Balaban J connectivity index is 1.82. The van der Waals surface area contributed by atoms with Crippen LogP contribution in [0.2, 0.25) is 0 Å². The molecule has 0 radical (unpaired) electrons. The number of benzene rings is 2. The average molecular weight is 248 g/mol. The van der Waals surface area contributed by atoms with E-state index >= 15 is 0 Å². The fourth-order valence-corrected chi connectivity index (χ4v) is 2.64. The first-order valence-electron chi connectivity index (χ1n) is 6.70. The van der Waals surface area contributed by atoms with Crippen molar-refractivity contribution in [2.45, 2.75) is 12.8 Å². The SMILES string of the molecule is O=C(c1ccccc1)C1C=C(c2ccccc2)CC1. The smallest absolute Gasteiger partial charge is 0.169 e. The van der Waals surface area contributed by atoms with E-state index in [9.17, 15) is 4.79 Å². The summed E-state index contributed by atoms with van der Waals surface area (Å²) in [5, 5.41) is 0. The molecule has 1 heteroatoms. The first-order valence-corrected chi connectivity index (χ1v) is 6.70. The maximum absolute atomic E-state index is 12.4. The average Bonchev–Trinajstić information content (AvgIpc) is 2.98. The normalized spacial score (nSPS) is 18.1. The van der Waals surface area contributed by atoms with Crippen molar-refractivity contribution in [2.24, 2.45) is 5.92 Å². The van der Waals surface area contributed by atoms with E-state index in [0.29, 0.717) is 0 Å². The summed E-state index contributed by atoms with van der Waals surface area (Å²) in [5.41, 5.74) is 3.36. The first kappa shape index (κ1) is 11.9. The summed E-state index contributed by atoms with van der Waals surface area (Å²) >= 11 is 0. The highest BCUT2D eigenvalue weighted by Crippen LogP contribution is 2.33. The Kier molecular flexibility index (Phi) is 3.28. The van der Waals surface area contributed by atoms with E-state index in [1.165, 1.54) is 11.1 Å². The van der Waals surface area contributed by atoms with Gasteiger partial charge in [-0.25, -0.2) is 0 Å². The lowest BCUT2D eigenvalue weighted by molar-refractivity contribution is 0.0944. The number of allylic oxidation sites excluding steroid dienone is 2. The van der Waals surface area contributed by atoms with Crippen LogP contribution in [0.5, 0.6) is 0 Å². The van der Waals surface area contributed by atoms with Crippen LogP contribution in [-0.4, -0.2) is 5.78 Å². The predicted molar refractivity (Wildman–Crippen MR) is 77.9 cm³/mol. The molecule has 0 fully saturated rings. The van der Waals surface area contributed by atoms with Gasteiger partial charge in [-0.2, -0.15) is 0 Å². The standard InChI is InChI=1S/C18H16O/c19-18(15-9-5-2-6-10-15)17-12-11-16(13-17)14-7-3-1-4-8-14/h1-10,13,17H,11-12H2. The zero-order valence-corrected chi connectivity index (χ0v) is 10.8. The van der Waals surface area contributed by atoms with Gasteiger partial charge in [-0.3, -0.25) is 4.79 Å². The molecular formula is C18H16O. The van der Waals surface area contributed by atoms with Gasteiger partial charge in [0.2, 0.25) is 0 Å². The van der Waals surface area contributed by atoms with Gasteiger partial charge in [0, 0.05) is 11.5 Å². The zero-order valence-electron chi connectivity index (χ0n) is 10.8. The molecule has 2 aromatic carbocycles. The summed E-state index contributed by atoms with van der Waals surface area (Å²) in [6.07, 6.45) is 4.07. The summed E-state index contributed by atoms with van der Waals surface area (Å²) in [4.78, 5) is 12.4. The molecule has 0 bridgehead atoms. The summed E-state index contributed by atoms with van der Waals surface area (Å²) < 4.78 is 0. The second-order valence-corrected chi connectivity index (χ2v) is 4.93. The Hall–Kier alpha value is -2.15. The molecule has 0 heterocycles. The van der Waals surface area contributed by atoms with Gasteiger partial charge < -0.3 is 0 Å². The van der Waals surface area contributed by atoms with E-state index in [1.807, 2.05) is 48.5 Å². The number of hydrogen-bond acceptors (Lipinski definition) is 1. The highest BCUT2D eigenvalue weighted by molar-refractivity contribution is 6.00. The van der Waals surface area contributed by atoms with Crippen LogP contribution in [0.4, 0.5) is 0 Å². The quantitative estimate of drug-likeness (QED) is 0.737. The molecular weight excluding hydrogens is 232 g/mol. The highest BCUT2D eigenvalue weighted by atomic mass is 16.1. The van der Waals surface area contributed by atoms with Gasteiger partial charge in [0.05, 0.1) is 0 Å². The molecule has 0 aliphatic heterocycles. The van der Waals surface area contributed by atoms with Crippen LogP contribution in [-0.2, 0) is 0 Å². The highest BCUT2D eigenvalue weighted by Gasteiger charge is 2.23. The Bertz CT molecular complexity index is 596. The number of carbonyl (C=O) groups is 1. The number of hydrogen-bond donors (Lipinski definition) is 0. The maximum Gasteiger partial charge on any atom is 0.169 e. The van der Waals surface area contributed by atoms with Crippen molar-refractivity contribution in [1.82, 2.24) is 0 Å². The molecule has 2 aromatic rings. The van der Waals surface area contributed by atoms with Crippen LogP contribution in [0, 0.1) is 5.92 Å². The fourth-order valence-electron chi connectivity index (χ4n) is 2.64. The van der Waals surface area contributed by atoms with E-state index < -0.39 is 0 Å². The van der Waals surface area contributed by atoms with E-state index in [-0.39, 0.29) is 11.7 Å². The van der Waals surface area contributed by atoms with Crippen molar-refractivity contribution in [3.8, 4) is 0 Å². The monoisotopic (exact) mass is 248 g/mol. The molecule has 1 aliphatic rings. The number of Topliss-reactive ketones (excluding diaryl/α,β-unsaturated/α-hetero) is 1. The van der Waals surface area contributed by atoms with Crippen molar-refractivity contribution in [1.29, 1.82) is 0 Å². The molecule has 94 valence electrons.